The third-order valence-electron chi connectivity index (χ3n) is 4.19. The van der Waals surface area contributed by atoms with E-state index in [0.717, 1.165) is 11.0 Å². The highest BCUT2D eigenvalue weighted by atomic mass is 16.4. The Morgan fingerprint density at radius 3 is 2.87 bits per heavy atom. The van der Waals surface area contributed by atoms with Gasteiger partial charge in [0.15, 0.2) is 11.4 Å². The monoisotopic (exact) mass is 311 g/mol. The summed E-state index contributed by atoms with van der Waals surface area (Å²) in [7, 11) is 0. The van der Waals surface area contributed by atoms with E-state index < -0.39 is 22.8 Å². The second-order valence-corrected chi connectivity index (χ2v) is 5.52. The molecule has 0 fully saturated rings. The first kappa shape index (κ1) is 13.6. The van der Waals surface area contributed by atoms with Crippen molar-refractivity contribution >= 4 is 17.0 Å². The molecular weight excluding hydrogens is 298 g/mol. The molecule has 0 radical (unpaired) electrons. The van der Waals surface area contributed by atoms with Crippen molar-refractivity contribution in [1.82, 2.24) is 14.5 Å². The number of aromatic nitrogens is 3. The Labute approximate surface area is 129 Å². The smallest absolute Gasteiger partial charge is 0.345 e. The summed E-state index contributed by atoms with van der Waals surface area (Å²) in [5, 5.41) is 19.4. The average Bonchev–Trinajstić information content (AvgIpc) is 2.78. The summed E-state index contributed by atoms with van der Waals surface area (Å²) < 4.78 is 1.98. The number of carbonyl (C=O) groups is 1. The van der Waals surface area contributed by atoms with E-state index in [1.165, 1.54) is 0 Å². The van der Waals surface area contributed by atoms with Crippen molar-refractivity contribution in [3.05, 3.63) is 45.7 Å². The normalized spacial score (nSPS) is 13.4. The number of hydrogen-bond acceptors (Lipinski definition) is 4. The zero-order valence-electron chi connectivity index (χ0n) is 12.0. The molecule has 3 heterocycles. The van der Waals surface area contributed by atoms with Gasteiger partial charge in [-0.1, -0.05) is 12.1 Å². The molecule has 3 aromatic rings. The fraction of sp³-hybridized carbons (Fsp3) is 0.188. The van der Waals surface area contributed by atoms with Crippen molar-refractivity contribution in [1.29, 1.82) is 0 Å². The van der Waals surface area contributed by atoms with Gasteiger partial charge in [0.25, 0.3) is 5.56 Å². The number of benzene rings is 1. The highest BCUT2D eigenvalue weighted by molar-refractivity contribution is 5.92. The Morgan fingerprint density at radius 2 is 2.09 bits per heavy atom. The molecule has 1 aliphatic heterocycles. The van der Waals surface area contributed by atoms with E-state index in [9.17, 15) is 14.7 Å². The number of para-hydroxylation sites is 2. The fourth-order valence-corrected chi connectivity index (χ4v) is 3.17. The number of fused-ring (bicyclic) bond motifs is 5. The first-order valence-electron chi connectivity index (χ1n) is 7.25. The van der Waals surface area contributed by atoms with Gasteiger partial charge in [0, 0.05) is 12.1 Å². The molecular formula is C16H13N3O4. The lowest BCUT2D eigenvalue weighted by Gasteiger charge is -2.09. The number of aromatic carboxylic acids is 1. The van der Waals surface area contributed by atoms with Crippen molar-refractivity contribution in [2.45, 2.75) is 19.4 Å². The Bertz CT molecular complexity index is 1020. The summed E-state index contributed by atoms with van der Waals surface area (Å²) in [6.45, 7) is 0.675. The standard InChI is InChI=1S/C16H13N3O4/c20-13-8-4-3-7-19-10-6-2-1-5-9(10)17-14(19)12(8)18-15(21)11(13)16(22)23/h1-2,5-6H,3-4,7H2,(H,22,23)(H2,18,20,21). The minimum absolute atomic E-state index is 0.395. The van der Waals surface area contributed by atoms with Gasteiger partial charge in [-0.2, -0.15) is 0 Å². The van der Waals surface area contributed by atoms with E-state index in [2.05, 4.69) is 9.97 Å². The molecule has 3 N–H and O–H groups in total. The number of nitrogens with zero attached hydrogens (tertiary/aromatic N) is 2. The van der Waals surface area contributed by atoms with Gasteiger partial charge in [-0.25, -0.2) is 9.78 Å². The van der Waals surface area contributed by atoms with E-state index in [1.807, 2.05) is 28.8 Å². The van der Waals surface area contributed by atoms with Gasteiger partial charge in [0.05, 0.1) is 16.7 Å². The number of rotatable bonds is 1. The number of aromatic amines is 1. The third-order valence-corrected chi connectivity index (χ3v) is 4.19. The van der Waals surface area contributed by atoms with Crippen LogP contribution in [0.5, 0.6) is 5.75 Å². The number of nitrogens with one attached hydrogen (secondary N) is 1. The van der Waals surface area contributed by atoms with Gasteiger partial charge in [-0.05, 0) is 25.0 Å². The van der Waals surface area contributed by atoms with Crippen LogP contribution in [-0.4, -0.2) is 30.7 Å². The van der Waals surface area contributed by atoms with E-state index >= 15 is 0 Å². The third kappa shape index (κ3) is 1.86. The Kier molecular flexibility index (Phi) is 2.77. The van der Waals surface area contributed by atoms with Crippen LogP contribution in [0.25, 0.3) is 22.6 Å². The summed E-state index contributed by atoms with van der Waals surface area (Å²) in [5.41, 5.74) is 1.11. The molecule has 7 heteroatoms. The summed E-state index contributed by atoms with van der Waals surface area (Å²) in [6, 6.07) is 7.61. The summed E-state index contributed by atoms with van der Waals surface area (Å²) in [6.07, 6.45) is 1.18. The number of aryl methyl sites for hydroxylation is 1. The number of hydrogen-bond donors (Lipinski definition) is 3. The van der Waals surface area contributed by atoms with Crippen LogP contribution >= 0.6 is 0 Å². The van der Waals surface area contributed by atoms with Crippen LogP contribution in [0.1, 0.15) is 22.3 Å². The predicted molar refractivity (Wildman–Crippen MR) is 82.7 cm³/mol. The zero-order chi connectivity index (χ0) is 16.1. The van der Waals surface area contributed by atoms with Gasteiger partial charge in [-0.3, -0.25) is 4.79 Å². The zero-order valence-corrected chi connectivity index (χ0v) is 12.0. The van der Waals surface area contributed by atoms with Gasteiger partial charge < -0.3 is 19.8 Å². The summed E-state index contributed by atoms with van der Waals surface area (Å²) in [5.74, 6) is -1.36. The van der Waals surface area contributed by atoms with Crippen LogP contribution in [0, 0.1) is 0 Å². The van der Waals surface area contributed by atoms with Crippen LogP contribution in [0.15, 0.2) is 29.1 Å². The molecule has 0 atom stereocenters. The highest BCUT2D eigenvalue weighted by Gasteiger charge is 2.27. The van der Waals surface area contributed by atoms with E-state index in [4.69, 9.17) is 5.11 Å². The number of H-pyrrole nitrogens is 1. The molecule has 2 aromatic heterocycles. The largest absolute Gasteiger partial charge is 0.506 e. The maximum atomic E-state index is 12.1. The fourth-order valence-electron chi connectivity index (χ4n) is 3.17. The molecule has 1 aliphatic rings. The topological polar surface area (TPSA) is 108 Å². The van der Waals surface area contributed by atoms with Gasteiger partial charge in [0.2, 0.25) is 0 Å². The lowest BCUT2D eigenvalue weighted by Crippen LogP contribution is -2.20. The molecule has 23 heavy (non-hydrogen) atoms. The van der Waals surface area contributed by atoms with Crippen LogP contribution < -0.4 is 5.56 Å². The number of imidazole rings is 1. The Balaban J connectivity index is 2.09. The predicted octanol–water partition coefficient (Wildman–Crippen LogP) is 1.74. The molecule has 1 aromatic carbocycles. The molecule has 0 saturated carbocycles. The number of carboxylic acid groups (broad SMARTS) is 1. The van der Waals surface area contributed by atoms with E-state index in [-0.39, 0.29) is 0 Å². The minimum atomic E-state index is -1.44. The molecule has 0 aliphatic carbocycles. The first-order chi connectivity index (χ1) is 11.1. The van der Waals surface area contributed by atoms with Gasteiger partial charge >= 0.3 is 5.97 Å². The van der Waals surface area contributed by atoms with Crippen LogP contribution in [-0.2, 0) is 13.0 Å². The highest BCUT2D eigenvalue weighted by Crippen LogP contribution is 2.34. The average molecular weight is 311 g/mol. The number of pyridine rings is 1. The molecule has 0 bridgehead atoms. The van der Waals surface area contributed by atoms with Gasteiger partial charge in [0.1, 0.15) is 5.75 Å². The van der Waals surface area contributed by atoms with Crippen molar-refractivity contribution in [3.8, 4) is 17.3 Å². The lowest BCUT2D eigenvalue weighted by atomic mass is 10.0. The van der Waals surface area contributed by atoms with Crippen molar-refractivity contribution in [2.24, 2.45) is 0 Å². The first-order valence-corrected chi connectivity index (χ1v) is 7.25. The quantitative estimate of drug-likeness (QED) is 0.634. The lowest BCUT2D eigenvalue weighted by molar-refractivity contribution is 0.0691. The summed E-state index contributed by atoms with van der Waals surface area (Å²) >= 11 is 0. The molecule has 0 unspecified atom stereocenters. The molecule has 7 nitrogen and oxygen atoms in total. The summed E-state index contributed by atoms with van der Waals surface area (Å²) in [4.78, 5) is 30.4. The SMILES string of the molecule is O=C(O)c1c(O)c2c([nH]c1=O)-c1nc3ccccc3n1CCC2. The van der Waals surface area contributed by atoms with Gasteiger partial charge in [-0.15, -0.1) is 0 Å². The molecule has 0 spiro atoms. The van der Waals surface area contributed by atoms with Crippen LogP contribution in [0.2, 0.25) is 0 Å². The van der Waals surface area contributed by atoms with E-state index in [0.29, 0.717) is 36.5 Å². The number of carboxylic acids is 1. The Morgan fingerprint density at radius 1 is 1.30 bits per heavy atom. The van der Waals surface area contributed by atoms with Crippen molar-refractivity contribution in [2.75, 3.05) is 0 Å². The molecule has 4 rings (SSSR count). The second kappa shape index (κ2) is 4.70. The maximum absolute atomic E-state index is 12.1. The number of aromatic hydroxyl groups is 1. The maximum Gasteiger partial charge on any atom is 0.345 e. The van der Waals surface area contributed by atoms with Crippen molar-refractivity contribution in [3.63, 3.8) is 0 Å². The van der Waals surface area contributed by atoms with Crippen LogP contribution in [0.4, 0.5) is 0 Å². The molecule has 116 valence electrons. The minimum Gasteiger partial charge on any atom is -0.506 e. The van der Waals surface area contributed by atoms with Crippen LogP contribution in [0.3, 0.4) is 0 Å². The van der Waals surface area contributed by atoms with E-state index in [1.54, 1.807) is 0 Å². The second-order valence-electron chi connectivity index (χ2n) is 5.52. The van der Waals surface area contributed by atoms with Crippen molar-refractivity contribution < 1.29 is 15.0 Å². The molecule has 0 amide bonds. The Hall–Kier alpha value is -3.09. The molecule has 0 saturated heterocycles.